The summed E-state index contributed by atoms with van der Waals surface area (Å²) in [4.78, 5) is 26.4. The van der Waals surface area contributed by atoms with Gasteiger partial charge in [0.05, 0.1) is 10.6 Å². The van der Waals surface area contributed by atoms with Gasteiger partial charge in [-0.15, -0.1) is 0 Å². The second kappa shape index (κ2) is 9.49. The molecule has 9 nitrogen and oxygen atoms in total. The molecule has 1 aliphatic rings. The number of sulfone groups is 1. The van der Waals surface area contributed by atoms with Gasteiger partial charge in [0.1, 0.15) is 29.8 Å². The molecule has 0 radical (unpaired) electrons. The molecule has 1 saturated heterocycles. The minimum absolute atomic E-state index is 0.0772. The summed E-state index contributed by atoms with van der Waals surface area (Å²) in [6.45, 7) is 1.07. The number of anilines is 2. The number of piperidine rings is 1. The van der Waals surface area contributed by atoms with Crippen molar-refractivity contribution in [3.8, 4) is 5.88 Å². The summed E-state index contributed by atoms with van der Waals surface area (Å²) in [6, 6.07) is 10.4. The number of likely N-dealkylation sites (tertiary alicyclic amines) is 1. The molecule has 0 bridgehead atoms. The van der Waals surface area contributed by atoms with Gasteiger partial charge >= 0.3 is 0 Å². The highest BCUT2D eigenvalue weighted by Crippen LogP contribution is 2.24. The Morgan fingerprint density at radius 2 is 1.91 bits per heavy atom. The summed E-state index contributed by atoms with van der Waals surface area (Å²) in [5, 5.41) is 2.81. The van der Waals surface area contributed by atoms with Crippen LogP contribution in [-0.2, 0) is 9.84 Å². The fraction of sp³-hybridized carbons (Fsp3) is 0.273. The zero-order valence-electron chi connectivity index (χ0n) is 17.8. The van der Waals surface area contributed by atoms with Gasteiger partial charge in [-0.2, -0.15) is 0 Å². The van der Waals surface area contributed by atoms with Crippen molar-refractivity contribution in [1.29, 1.82) is 0 Å². The third kappa shape index (κ3) is 5.61. The van der Waals surface area contributed by atoms with Crippen LogP contribution >= 0.6 is 0 Å². The van der Waals surface area contributed by atoms with Crippen LogP contribution in [0.3, 0.4) is 0 Å². The molecule has 1 aromatic carbocycles. The van der Waals surface area contributed by atoms with Crippen LogP contribution < -0.4 is 10.1 Å². The first-order chi connectivity index (χ1) is 15.8. The molecule has 11 heteroatoms. The molecule has 4 rings (SSSR count). The van der Waals surface area contributed by atoms with Gasteiger partial charge in [0, 0.05) is 44.5 Å². The van der Waals surface area contributed by atoms with Crippen molar-refractivity contribution in [2.24, 2.45) is 0 Å². The van der Waals surface area contributed by atoms with Crippen molar-refractivity contribution in [3.05, 3.63) is 66.5 Å². The highest BCUT2D eigenvalue weighted by Gasteiger charge is 2.25. The van der Waals surface area contributed by atoms with E-state index in [-0.39, 0.29) is 22.6 Å². The number of carbonyl (C=O) groups is 1. The lowest BCUT2D eigenvalue weighted by Gasteiger charge is -2.31. The van der Waals surface area contributed by atoms with E-state index in [1.54, 1.807) is 29.3 Å². The van der Waals surface area contributed by atoms with Gasteiger partial charge in [-0.05, 0) is 30.3 Å². The first-order valence-electron chi connectivity index (χ1n) is 10.3. The van der Waals surface area contributed by atoms with E-state index in [2.05, 4.69) is 20.3 Å². The number of halogens is 1. The Morgan fingerprint density at radius 3 is 2.58 bits per heavy atom. The molecule has 0 aliphatic carbocycles. The van der Waals surface area contributed by atoms with Crippen molar-refractivity contribution >= 4 is 27.2 Å². The average Bonchev–Trinajstić information content (AvgIpc) is 2.81. The predicted octanol–water partition coefficient (Wildman–Crippen LogP) is 2.84. The molecule has 1 N–H and O–H groups in total. The Kier molecular flexibility index (Phi) is 6.50. The number of benzene rings is 1. The lowest BCUT2D eigenvalue weighted by molar-refractivity contribution is 0.0582. The lowest BCUT2D eigenvalue weighted by Crippen LogP contribution is -2.42. The number of ether oxygens (including phenoxy) is 1. The third-order valence-electron chi connectivity index (χ3n) is 5.17. The number of carbonyl (C=O) groups excluding carboxylic acids is 1. The fourth-order valence-corrected chi connectivity index (χ4v) is 4.07. The maximum atomic E-state index is 14.3. The Hall–Kier alpha value is -3.60. The molecule has 1 amide bonds. The molecule has 0 unspecified atom stereocenters. The topological polar surface area (TPSA) is 114 Å². The molecular weight excluding hydrogens is 449 g/mol. The summed E-state index contributed by atoms with van der Waals surface area (Å²) in [5.74, 6) is -0.209. The number of hydrogen-bond acceptors (Lipinski definition) is 8. The van der Waals surface area contributed by atoms with Crippen LogP contribution in [-0.4, -0.2) is 59.6 Å². The number of nitrogens with one attached hydrogen (secondary N) is 1. The van der Waals surface area contributed by atoms with E-state index in [1.165, 1.54) is 24.5 Å². The summed E-state index contributed by atoms with van der Waals surface area (Å²) < 4.78 is 43.4. The first-order valence-corrected chi connectivity index (χ1v) is 12.1. The van der Waals surface area contributed by atoms with E-state index in [0.717, 1.165) is 12.3 Å². The van der Waals surface area contributed by atoms with Crippen LogP contribution in [0, 0.1) is 5.82 Å². The van der Waals surface area contributed by atoms with Crippen molar-refractivity contribution < 1.29 is 22.3 Å². The van der Waals surface area contributed by atoms with Gasteiger partial charge in [-0.1, -0.05) is 6.07 Å². The summed E-state index contributed by atoms with van der Waals surface area (Å²) in [7, 11) is -3.50. The molecular formula is C22H22FN5O4S. The van der Waals surface area contributed by atoms with Gasteiger partial charge < -0.3 is 15.0 Å². The number of aromatic nitrogens is 3. The standard InChI is InChI=1S/C22H22FN5O4S/c1-33(30,31)16-5-6-18(17(23)12-16)27-20-13-21(26-14-25-20)32-15-7-10-28(11-8-15)22(29)19-4-2-3-9-24-19/h2-6,9,12-15H,7-8,10-11H2,1H3,(H,25,26,27). The highest BCUT2D eigenvalue weighted by atomic mass is 32.2. The SMILES string of the molecule is CS(=O)(=O)c1ccc(Nc2cc(OC3CCN(C(=O)c4ccccn4)CC3)ncn2)c(F)c1. The maximum absolute atomic E-state index is 14.3. The molecule has 33 heavy (non-hydrogen) atoms. The number of pyridine rings is 1. The Labute approximate surface area is 190 Å². The maximum Gasteiger partial charge on any atom is 0.272 e. The first kappa shape index (κ1) is 22.6. The van der Waals surface area contributed by atoms with Gasteiger partial charge in [-0.3, -0.25) is 9.78 Å². The van der Waals surface area contributed by atoms with E-state index >= 15 is 0 Å². The van der Waals surface area contributed by atoms with Crippen LogP contribution in [0.5, 0.6) is 5.88 Å². The second-order valence-corrected chi connectivity index (χ2v) is 9.62. The Morgan fingerprint density at radius 1 is 1.12 bits per heavy atom. The predicted molar refractivity (Wildman–Crippen MR) is 119 cm³/mol. The lowest BCUT2D eigenvalue weighted by atomic mass is 10.1. The second-order valence-electron chi connectivity index (χ2n) is 7.60. The van der Waals surface area contributed by atoms with Gasteiger partial charge in [0.25, 0.3) is 5.91 Å². The smallest absolute Gasteiger partial charge is 0.272 e. The number of nitrogens with zero attached hydrogens (tertiary/aromatic N) is 4. The quantitative estimate of drug-likeness (QED) is 0.584. The van der Waals surface area contributed by atoms with Crippen molar-refractivity contribution in [2.75, 3.05) is 24.7 Å². The normalized spacial score (nSPS) is 14.7. The molecule has 2 aromatic heterocycles. The minimum atomic E-state index is -3.50. The van der Waals surface area contributed by atoms with Crippen molar-refractivity contribution in [3.63, 3.8) is 0 Å². The Bertz CT molecular complexity index is 1250. The van der Waals surface area contributed by atoms with Crippen LogP contribution in [0.2, 0.25) is 0 Å². The molecule has 0 atom stereocenters. The van der Waals surface area contributed by atoms with E-state index in [0.29, 0.717) is 43.3 Å². The summed E-state index contributed by atoms with van der Waals surface area (Å²) in [5.41, 5.74) is 0.494. The molecule has 172 valence electrons. The number of rotatable bonds is 6. The molecule has 3 aromatic rings. The van der Waals surface area contributed by atoms with Gasteiger partial charge in [0.15, 0.2) is 9.84 Å². The monoisotopic (exact) mass is 471 g/mol. The van der Waals surface area contributed by atoms with Crippen molar-refractivity contribution in [1.82, 2.24) is 19.9 Å². The molecule has 0 spiro atoms. The largest absolute Gasteiger partial charge is 0.474 e. The molecule has 0 saturated carbocycles. The number of hydrogen-bond donors (Lipinski definition) is 1. The van der Waals surface area contributed by atoms with Crippen LogP contribution in [0.25, 0.3) is 0 Å². The molecule has 1 aliphatic heterocycles. The van der Waals surface area contributed by atoms with Gasteiger partial charge in [0.2, 0.25) is 5.88 Å². The van der Waals surface area contributed by atoms with E-state index in [9.17, 15) is 17.6 Å². The average molecular weight is 472 g/mol. The van der Waals surface area contributed by atoms with E-state index in [4.69, 9.17) is 4.74 Å². The Balaban J connectivity index is 1.36. The van der Waals surface area contributed by atoms with Crippen LogP contribution in [0.15, 0.2) is 59.9 Å². The minimum Gasteiger partial charge on any atom is -0.474 e. The van der Waals surface area contributed by atoms with Crippen molar-refractivity contribution in [2.45, 2.75) is 23.8 Å². The van der Waals surface area contributed by atoms with E-state index in [1.807, 2.05) is 0 Å². The molecule has 3 heterocycles. The number of amides is 1. The highest BCUT2D eigenvalue weighted by molar-refractivity contribution is 7.90. The molecule has 1 fully saturated rings. The fourth-order valence-electron chi connectivity index (χ4n) is 3.44. The van der Waals surface area contributed by atoms with Gasteiger partial charge in [-0.25, -0.2) is 22.8 Å². The van der Waals surface area contributed by atoms with E-state index < -0.39 is 15.7 Å². The summed E-state index contributed by atoms with van der Waals surface area (Å²) >= 11 is 0. The zero-order chi connectivity index (χ0) is 23.4. The van der Waals surface area contributed by atoms with Crippen LogP contribution in [0.1, 0.15) is 23.3 Å². The third-order valence-corrected chi connectivity index (χ3v) is 6.28. The van der Waals surface area contributed by atoms with Crippen LogP contribution in [0.4, 0.5) is 15.9 Å². The summed E-state index contributed by atoms with van der Waals surface area (Å²) in [6.07, 6.45) is 5.03. The zero-order valence-corrected chi connectivity index (χ0v) is 18.6.